The summed E-state index contributed by atoms with van der Waals surface area (Å²) in [6, 6.07) is 4.27. The predicted molar refractivity (Wildman–Crippen MR) is 60.5 cm³/mol. The van der Waals surface area contributed by atoms with Gasteiger partial charge in [-0.2, -0.15) is 0 Å². The molecule has 0 bridgehead atoms. The molecule has 0 saturated carbocycles. The van der Waals surface area contributed by atoms with Crippen molar-refractivity contribution in [3.8, 4) is 5.75 Å². The topological polar surface area (TPSA) is 64.7 Å². The average Bonchev–Trinajstić information content (AvgIpc) is 2.27. The molecule has 5 heteroatoms. The molecule has 94 valence electrons. The maximum Gasteiger partial charge on any atom is 0.165 e. The molecule has 0 radical (unpaired) electrons. The van der Waals surface area contributed by atoms with Crippen molar-refractivity contribution in [2.24, 2.45) is 5.73 Å². The molecule has 1 aromatic carbocycles. The van der Waals surface area contributed by atoms with Gasteiger partial charge in [0.05, 0.1) is 32.3 Å². The first kappa shape index (κ1) is 12.3. The Morgan fingerprint density at radius 1 is 1.59 bits per heavy atom. The number of nitrogens with two attached hydrogens (primary N) is 1. The number of aliphatic hydroxyl groups excluding tert-OH is 1. The first-order valence-electron chi connectivity index (χ1n) is 5.42. The summed E-state index contributed by atoms with van der Waals surface area (Å²) >= 11 is 0. The summed E-state index contributed by atoms with van der Waals surface area (Å²) in [5, 5.41) is 9.17. The molecule has 1 unspecified atom stereocenters. The average molecular weight is 241 g/mol. The molecule has 4 nitrogen and oxygen atoms in total. The molecular formula is C12H16FNO3. The fourth-order valence-corrected chi connectivity index (χ4v) is 2.07. The molecule has 1 aliphatic heterocycles. The molecule has 1 heterocycles. The number of ether oxygens (including phenoxy) is 2. The summed E-state index contributed by atoms with van der Waals surface area (Å²) in [4.78, 5) is 0. The Morgan fingerprint density at radius 2 is 2.29 bits per heavy atom. The van der Waals surface area contributed by atoms with E-state index in [-0.39, 0.29) is 12.4 Å². The highest BCUT2D eigenvalue weighted by atomic mass is 19.1. The number of halogens is 1. The minimum absolute atomic E-state index is 0.156. The maximum atomic E-state index is 13.6. The van der Waals surface area contributed by atoms with Crippen LogP contribution in [0.1, 0.15) is 5.56 Å². The summed E-state index contributed by atoms with van der Waals surface area (Å²) < 4.78 is 23.7. The quantitative estimate of drug-likeness (QED) is 0.802. The van der Waals surface area contributed by atoms with E-state index in [4.69, 9.17) is 20.3 Å². The van der Waals surface area contributed by atoms with Crippen LogP contribution in [-0.4, -0.2) is 38.1 Å². The van der Waals surface area contributed by atoms with Crippen LogP contribution in [0.5, 0.6) is 5.75 Å². The summed E-state index contributed by atoms with van der Waals surface area (Å²) in [5.41, 5.74) is 6.14. The van der Waals surface area contributed by atoms with Crippen LogP contribution in [0, 0.1) is 5.82 Å². The monoisotopic (exact) mass is 241 g/mol. The van der Waals surface area contributed by atoms with Gasteiger partial charge < -0.3 is 20.3 Å². The van der Waals surface area contributed by atoms with Gasteiger partial charge in [-0.15, -0.1) is 0 Å². The van der Waals surface area contributed by atoms with Crippen LogP contribution >= 0.6 is 0 Å². The second-order valence-electron chi connectivity index (χ2n) is 4.29. The van der Waals surface area contributed by atoms with Crippen LogP contribution in [-0.2, 0) is 10.2 Å². The van der Waals surface area contributed by atoms with E-state index in [1.165, 1.54) is 13.2 Å². The van der Waals surface area contributed by atoms with Gasteiger partial charge in [-0.3, -0.25) is 0 Å². The van der Waals surface area contributed by atoms with Gasteiger partial charge in [0.2, 0.25) is 0 Å². The molecule has 0 aromatic heterocycles. The van der Waals surface area contributed by atoms with Crippen molar-refractivity contribution in [3.63, 3.8) is 0 Å². The van der Waals surface area contributed by atoms with Crippen molar-refractivity contribution < 1.29 is 19.0 Å². The predicted octanol–water partition coefficient (Wildman–Crippen LogP) is 0.422. The minimum Gasteiger partial charge on any atom is -0.494 e. The van der Waals surface area contributed by atoms with E-state index < -0.39 is 17.3 Å². The van der Waals surface area contributed by atoms with Crippen LogP contribution in [0.25, 0.3) is 0 Å². The molecule has 0 spiro atoms. The van der Waals surface area contributed by atoms with Gasteiger partial charge in [-0.05, 0) is 17.7 Å². The maximum absolute atomic E-state index is 13.6. The number of rotatable bonds is 4. The lowest BCUT2D eigenvalue weighted by Gasteiger charge is -2.45. The zero-order valence-corrected chi connectivity index (χ0v) is 9.65. The SMILES string of the molecule is COc1ccc(C2(C(N)CO)COC2)cc1F. The minimum atomic E-state index is -0.484. The first-order valence-corrected chi connectivity index (χ1v) is 5.42. The van der Waals surface area contributed by atoms with Crippen LogP contribution in [0.4, 0.5) is 4.39 Å². The van der Waals surface area contributed by atoms with E-state index in [0.29, 0.717) is 13.2 Å². The lowest BCUT2D eigenvalue weighted by molar-refractivity contribution is -0.0799. The van der Waals surface area contributed by atoms with E-state index in [1.807, 2.05) is 0 Å². The molecule has 1 atom stereocenters. The van der Waals surface area contributed by atoms with Gasteiger partial charge in [-0.1, -0.05) is 6.07 Å². The third kappa shape index (κ3) is 1.90. The number of hydrogen-bond acceptors (Lipinski definition) is 4. The number of hydrogen-bond donors (Lipinski definition) is 2. The molecule has 1 fully saturated rings. The van der Waals surface area contributed by atoms with Gasteiger partial charge in [0.1, 0.15) is 0 Å². The number of benzene rings is 1. The molecular weight excluding hydrogens is 225 g/mol. The van der Waals surface area contributed by atoms with Crippen molar-refractivity contribution in [1.29, 1.82) is 0 Å². The summed E-state index contributed by atoms with van der Waals surface area (Å²) in [6.45, 7) is 0.651. The zero-order chi connectivity index (χ0) is 12.5. The lowest BCUT2D eigenvalue weighted by Crippen LogP contribution is -2.60. The van der Waals surface area contributed by atoms with Crippen LogP contribution in [0.2, 0.25) is 0 Å². The van der Waals surface area contributed by atoms with Gasteiger partial charge in [-0.25, -0.2) is 4.39 Å². The molecule has 1 aliphatic rings. The van der Waals surface area contributed by atoms with Crippen LogP contribution in [0.3, 0.4) is 0 Å². The van der Waals surface area contributed by atoms with Crippen molar-refractivity contribution in [1.82, 2.24) is 0 Å². The molecule has 1 saturated heterocycles. The van der Waals surface area contributed by atoms with Crippen molar-refractivity contribution >= 4 is 0 Å². The molecule has 1 aromatic rings. The highest BCUT2D eigenvalue weighted by Gasteiger charge is 2.45. The molecule has 2 rings (SSSR count). The second-order valence-corrected chi connectivity index (χ2v) is 4.29. The van der Waals surface area contributed by atoms with E-state index >= 15 is 0 Å². The third-order valence-electron chi connectivity index (χ3n) is 3.35. The van der Waals surface area contributed by atoms with E-state index in [9.17, 15) is 4.39 Å². The van der Waals surface area contributed by atoms with Gasteiger partial charge in [0.25, 0.3) is 0 Å². The molecule has 0 amide bonds. The van der Waals surface area contributed by atoms with Gasteiger partial charge in [0, 0.05) is 6.04 Å². The molecule has 17 heavy (non-hydrogen) atoms. The Hall–Kier alpha value is -1.17. The Bertz CT molecular complexity index is 407. The largest absolute Gasteiger partial charge is 0.494 e. The summed E-state index contributed by atoms with van der Waals surface area (Å²) in [7, 11) is 1.42. The summed E-state index contributed by atoms with van der Waals surface area (Å²) in [6.07, 6.45) is 0. The first-order chi connectivity index (χ1) is 8.14. The van der Waals surface area contributed by atoms with Crippen LogP contribution < -0.4 is 10.5 Å². The molecule has 0 aliphatic carbocycles. The van der Waals surface area contributed by atoms with Crippen molar-refractivity contribution in [2.45, 2.75) is 11.5 Å². The Labute approximate surface area is 99.1 Å². The van der Waals surface area contributed by atoms with E-state index in [0.717, 1.165) is 5.56 Å². The second kappa shape index (κ2) is 4.60. The highest BCUT2D eigenvalue weighted by molar-refractivity contribution is 5.36. The zero-order valence-electron chi connectivity index (χ0n) is 9.65. The summed E-state index contributed by atoms with van der Waals surface area (Å²) in [5.74, 6) is -0.233. The van der Waals surface area contributed by atoms with Gasteiger partial charge in [0.15, 0.2) is 11.6 Å². The Morgan fingerprint density at radius 3 is 2.71 bits per heavy atom. The lowest BCUT2D eigenvalue weighted by atomic mass is 9.73. The van der Waals surface area contributed by atoms with Gasteiger partial charge >= 0.3 is 0 Å². The van der Waals surface area contributed by atoms with Crippen molar-refractivity contribution in [3.05, 3.63) is 29.6 Å². The third-order valence-corrected chi connectivity index (χ3v) is 3.35. The number of methoxy groups -OCH3 is 1. The van der Waals surface area contributed by atoms with E-state index in [1.54, 1.807) is 12.1 Å². The fraction of sp³-hybridized carbons (Fsp3) is 0.500. The Balaban J connectivity index is 2.35. The van der Waals surface area contributed by atoms with Crippen molar-refractivity contribution in [2.75, 3.05) is 26.9 Å². The Kier molecular flexibility index (Phi) is 3.33. The smallest absolute Gasteiger partial charge is 0.165 e. The normalized spacial score (nSPS) is 19.5. The molecule has 3 N–H and O–H groups in total. The highest BCUT2D eigenvalue weighted by Crippen LogP contribution is 2.36. The van der Waals surface area contributed by atoms with E-state index in [2.05, 4.69) is 0 Å². The standard InChI is InChI=1S/C12H16FNO3/c1-16-10-3-2-8(4-9(10)13)12(6-17-7-12)11(14)5-15/h2-4,11,15H,5-7,14H2,1H3. The fourth-order valence-electron chi connectivity index (χ4n) is 2.07. The number of aliphatic hydroxyl groups is 1. The van der Waals surface area contributed by atoms with Crippen LogP contribution in [0.15, 0.2) is 18.2 Å².